The van der Waals surface area contributed by atoms with Gasteiger partial charge in [0, 0.05) is 12.8 Å². The lowest BCUT2D eigenvalue weighted by Crippen LogP contribution is -2.68. The number of rotatable bonds is 6. The van der Waals surface area contributed by atoms with E-state index in [4.69, 9.17) is 18.6 Å². The zero-order valence-electron chi connectivity index (χ0n) is 15.9. The Morgan fingerprint density at radius 3 is 1.82 bits per heavy atom. The highest BCUT2D eigenvalue weighted by Gasteiger charge is 2.18. The van der Waals surface area contributed by atoms with Crippen LogP contribution in [0.3, 0.4) is 0 Å². The first-order valence-corrected chi connectivity index (χ1v) is 10.3. The van der Waals surface area contributed by atoms with E-state index in [1.807, 2.05) is 12.3 Å². The number of H-pyrrole nitrogens is 1. The van der Waals surface area contributed by atoms with Crippen LogP contribution in [0.1, 0.15) is 38.1 Å². The Bertz CT molecular complexity index is 817. The van der Waals surface area contributed by atoms with Gasteiger partial charge in [0.15, 0.2) is 0 Å². The maximum absolute atomic E-state index is 8.49. The normalized spacial score (nSPS) is 11.1. The topological polar surface area (TPSA) is 125 Å². The van der Waals surface area contributed by atoms with Crippen molar-refractivity contribution in [3.8, 4) is 16.9 Å². The lowest BCUT2D eigenvalue weighted by molar-refractivity contribution is -2.00. The molecule has 150 valence electrons. The van der Waals surface area contributed by atoms with Crippen LogP contribution >= 0.6 is 0 Å². The summed E-state index contributed by atoms with van der Waals surface area (Å²) in [4.78, 5) is 0. The van der Waals surface area contributed by atoms with Crippen LogP contribution in [0, 0.1) is 10.2 Å². The summed E-state index contributed by atoms with van der Waals surface area (Å²) in [6.07, 6.45) is 6.17. The molecule has 0 saturated carbocycles. The molecule has 2 heterocycles. The first-order chi connectivity index (χ1) is 13.3. The van der Waals surface area contributed by atoms with Crippen molar-refractivity contribution in [3.63, 3.8) is 0 Å². The van der Waals surface area contributed by atoms with E-state index >= 15 is 0 Å². The zero-order chi connectivity index (χ0) is 20.6. The largest absolute Gasteiger partial charge is 0.306 e. The molecule has 0 bridgehead atoms. The fourth-order valence-electron chi connectivity index (χ4n) is 3.07. The average Bonchev–Trinajstić information content (AvgIpc) is 3.15. The molecule has 0 fully saturated rings. The van der Waals surface area contributed by atoms with Gasteiger partial charge in [-0.15, -0.1) is 15.3 Å². The second-order valence-electron chi connectivity index (χ2n) is 6.25. The first kappa shape index (κ1) is 22.0. The van der Waals surface area contributed by atoms with E-state index in [1.54, 1.807) is 0 Å². The summed E-state index contributed by atoms with van der Waals surface area (Å²) in [5.41, 5.74) is 5.25. The summed E-state index contributed by atoms with van der Waals surface area (Å²) in [6.45, 7) is 4.46. The summed E-state index contributed by atoms with van der Waals surface area (Å²) in [5.74, 6) is 1.05. The number of nitrogens with one attached hydrogen (secondary N) is 1. The number of hydrogen-bond acceptors (Lipinski definition) is 5. The van der Waals surface area contributed by atoms with E-state index in [0.717, 1.165) is 31.5 Å². The molecule has 3 rings (SSSR count). The predicted octanol–water partition coefficient (Wildman–Crippen LogP) is -0.498. The van der Waals surface area contributed by atoms with Gasteiger partial charge in [0.1, 0.15) is 11.4 Å². The number of benzene rings is 1. The maximum atomic E-state index is 8.49. The standard InChI is InChI=1S/C20H24N3.ClHO4/c1-3-8-18-14-17(16-10-6-5-7-11-16)15-19(9-4-2)23(18)20-12-13-21-22-20;2-1(3,4)5/h5-7,10-15H,3-4,8-9H2,1-2H3,(H,21,22);(H,2,3,4,5)/q+1;/p-1. The summed E-state index contributed by atoms with van der Waals surface area (Å²) < 4.78 is 36.3. The highest BCUT2D eigenvalue weighted by atomic mass is 35.7. The quantitative estimate of drug-likeness (QED) is 0.553. The minimum atomic E-state index is -4.94. The predicted molar refractivity (Wildman–Crippen MR) is 93.5 cm³/mol. The Balaban J connectivity index is 0.000000500. The van der Waals surface area contributed by atoms with E-state index in [2.05, 4.69) is 71.1 Å². The van der Waals surface area contributed by atoms with Crippen molar-refractivity contribution in [3.05, 3.63) is 66.1 Å². The monoisotopic (exact) mass is 405 g/mol. The van der Waals surface area contributed by atoms with E-state index in [9.17, 15) is 0 Å². The van der Waals surface area contributed by atoms with Gasteiger partial charge < -0.3 is 0 Å². The van der Waals surface area contributed by atoms with Gasteiger partial charge in [-0.25, -0.2) is 18.6 Å². The Morgan fingerprint density at radius 2 is 1.39 bits per heavy atom. The van der Waals surface area contributed by atoms with Crippen LogP contribution in [-0.2, 0) is 12.8 Å². The third kappa shape index (κ3) is 6.70. The molecule has 3 aromatic rings. The van der Waals surface area contributed by atoms with Gasteiger partial charge in [0.25, 0.3) is 0 Å². The SMILES string of the molecule is CCCc1cc(-c2ccccc2)cc(CCC)[n+]1-c1ccn[nH]1.[O-][Cl+3]([O-])([O-])[O-]. The Labute approximate surface area is 166 Å². The number of nitrogens with zero attached hydrogens (tertiary/aromatic N) is 2. The van der Waals surface area contributed by atoms with Crippen molar-refractivity contribution in [2.75, 3.05) is 0 Å². The van der Waals surface area contributed by atoms with Gasteiger partial charge in [-0.1, -0.05) is 49.3 Å². The van der Waals surface area contributed by atoms with Gasteiger partial charge >= 0.3 is 5.82 Å². The molecule has 1 aromatic carbocycles. The molecule has 0 unspecified atom stereocenters. The van der Waals surface area contributed by atoms with Crippen molar-refractivity contribution < 1.29 is 33.4 Å². The van der Waals surface area contributed by atoms with Crippen LogP contribution in [0.5, 0.6) is 0 Å². The highest BCUT2D eigenvalue weighted by molar-refractivity contribution is 5.63. The number of pyridine rings is 1. The van der Waals surface area contributed by atoms with Crippen LogP contribution in [-0.4, -0.2) is 10.2 Å². The number of aryl methyl sites for hydroxylation is 2. The van der Waals surface area contributed by atoms with E-state index in [1.165, 1.54) is 22.5 Å². The van der Waals surface area contributed by atoms with Crippen LogP contribution < -0.4 is 23.2 Å². The summed E-state index contributed by atoms with van der Waals surface area (Å²) >= 11 is 0. The van der Waals surface area contributed by atoms with Gasteiger partial charge in [-0.3, -0.25) is 0 Å². The molecule has 0 radical (unpaired) electrons. The lowest BCUT2D eigenvalue weighted by Gasteiger charge is -2.17. The fraction of sp³-hybridized carbons (Fsp3) is 0.300. The van der Waals surface area contributed by atoms with E-state index in [0.29, 0.717) is 0 Å². The van der Waals surface area contributed by atoms with E-state index in [-0.39, 0.29) is 0 Å². The number of halogens is 1. The van der Waals surface area contributed by atoms with Gasteiger partial charge in [-0.05, 0) is 36.1 Å². The maximum Gasteiger partial charge on any atom is 0.306 e. The van der Waals surface area contributed by atoms with Crippen molar-refractivity contribution >= 4 is 0 Å². The van der Waals surface area contributed by atoms with Crippen molar-refractivity contribution in [1.29, 1.82) is 0 Å². The van der Waals surface area contributed by atoms with Crippen molar-refractivity contribution in [1.82, 2.24) is 10.2 Å². The zero-order valence-corrected chi connectivity index (χ0v) is 16.7. The molecular formula is C20H24ClN3O4. The molecule has 7 nitrogen and oxygen atoms in total. The number of aromatic amines is 1. The van der Waals surface area contributed by atoms with Crippen molar-refractivity contribution in [2.45, 2.75) is 39.5 Å². The first-order valence-electron chi connectivity index (χ1n) is 9.08. The molecular weight excluding hydrogens is 382 g/mol. The number of aromatic nitrogens is 3. The molecule has 0 spiro atoms. The van der Waals surface area contributed by atoms with Gasteiger partial charge in [0.2, 0.25) is 0 Å². The number of hydrogen-bond donors (Lipinski definition) is 1. The molecule has 8 heteroatoms. The van der Waals surface area contributed by atoms with Crippen LogP contribution in [0.25, 0.3) is 16.9 Å². The van der Waals surface area contributed by atoms with Crippen LogP contribution in [0.15, 0.2) is 54.7 Å². The highest BCUT2D eigenvalue weighted by Crippen LogP contribution is 2.22. The Morgan fingerprint density at radius 1 is 0.857 bits per heavy atom. The Hall–Kier alpha value is -2.29. The van der Waals surface area contributed by atoms with Crippen LogP contribution in [0.2, 0.25) is 0 Å². The molecule has 28 heavy (non-hydrogen) atoms. The summed E-state index contributed by atoms with van der Waals surface area (Å²) in [7, 11) is -4.94. The molecule has 0 aliphatic heterocycles. The third-order valence-corrected chi connectivity index (χ3v) is 4.07. The minimum Gasteiger partial charge on any atom is -0.222 e. The van der Waals surface area contributed by atoms with Crippen molar-refractivity contribution in [2.24, 2.45) is 0 Å². The summed E-state index contributed by atoms with van der Waals surface area (Å²) in [5, 5.41) is 7.26. The minimum absolute atomic E-state index is 1.05. The van der Waals surface area contributed by atoms with Gasteiger partial charge in [0.05, 0.1) is 12.3 Å². The van der Waals surface area contributed by atoms with Gasteiger partial charge in [-0.2, -0.15) is 4.57 Å². The molecule has 0 amide bonds. The fourth-order valence-corrected chi connectivity index (χ4v) is 3.07. The molecule has 0 aliphatic carbocycles. The molecule has 0 saturated heterocycles. The third-order valence-electron chi connectivity index (χ3n) is 4.07. The van der Waals surface area contributed by atoms with E-state index < -0.39 is 10.2 Å². The summed E-state index contributed by atoms with van der Waals surface area (Å²) in [6, 6.07) is 17.3. The molecule has 0 aliphatic rings. The van der Waals surface area contributed by atoms with Crippen LogP contribution in [0.4, 0.5) is 0 Å². The Kier molecular flexibility index (Phi) is 8.10. The second-order valence-corrected chi connectivity index (χ2v) is 7.00. The second kappa shape index (κ2) is 10.3. The molecule has 2 aromatic heterocycles. The lowest BCUT2D eigenvalue weighted by atomic mass is 10.0. The molecule has 0 atom stereocenters. The average molecular weight is 406 g/mol. The molecule has 1 N–H and O–H groups in total. The smallest absolute Gasteiger partial charge is 0.222 e.